The number of halogens is 2. The number of ketones is 1. The fourth-order valence-corrected chi connectivity index (χ4v) is 4.57. The molecular formula is C24H42F2O4. The first-order valence-corrected chi connectivity index (χ1v) is 11.9. The van der Waals surface area contributed by atoms with Crippen LogP contribution in [0.15, 0.2) is 0 Å². The molecule has 1 unspecified atom stereocenters. The maximum absolute atomic E-state index is 14.0. The number of rotatable bonds is 15. The standard InChI is InChI=1S/C24H42F2O4/c1-5-6-15-24(25,26)22(28)14-13-19-18(4)16-21(27)20(19)11-9-7-8-10-12-23(29)30-17(2)3/h17-20,22,28H,5-16H2,1-4H3/t18-,19+,20-,22?/m1/s1. The normalized spacial score (nSPS) is 23.2. The summed E-state index contributed by atoms with van der Waals surface area (Å²) in [7, 11) is 0. The third kappa shape index (κ3) is 9.40. The van der Waals surface area contributed by atoms with Gasteiger partial charge in [0.25, 0.3) is 5.92 Å². The van der Waals surface area contributed by atoms with Crippen molar-refractivity contribution in [3.05, 3.63) is 0 Å². The lowest BCUT2D eigenvalue weighted by Crippen LogP contribution is -2.34. The Morgan fingerprint density at radius 1 is 1.17 bits per heavy atom. The highest BCUT2D eigenvalue weighted by atomic mass is 19.3. The van der Waals surface area contributed by atoms with Crippen LogP contribution in [-0.2, 0) is 14.3 Å². The van der Waals surface area contributed by atoms with Crippen molar-refractivity contribution in [2.24, 2.45) is 17.8 Å². The van der Waals surface area contributed by atoms with Crippen LogP contribution in [0.3, 0.4) is 0 Å². The molecule has 4 atom stereocenters. The van der Waals surface area contributed by atoms with Gasteiger partial charge < -0.3 is 9.84 Å². The molecule has 6 heteroatoms. The van der Waals surface area contributed by atoms with E-state index in [4.69, 9.17) is 4.74 Å². The van der Waals surface area contributed by atoms with Crippen LogP contribution in [0.5, 0.6) is 0 Å². The molecule has 0 amide bonds. The summed E-state index contributed by atoms with van der Waals surface area (Å²) in [5.41, 5.74) is 0. The Balaban J connectivity index is 2.38. The van der Waals surface area contributed by atoms with Crippen molar-refractivity contribution in [1.29, 1.82) is 0 Å². The number of esters is 1. The minimum Gasteiger partial charge on any atom is -0.463 e. The number of ether oxygens (including phenoxy) is 1. The molecule has 0 heterocycles. The monoisotopic (exact) mass is 432 g/mol. The van der Waals surface area contributed by atoms with Gasteiger partial charge in [0, 0.05) is 25.2 Å². The lowest BCUT2D eigenvalue weighted by molar-refractivity contribution is -0.147. The molecule has 1 aliphatic rings. The predicted octanol–water partition coefficient (Wildman–Crippen LogP) is 6.09. The first-order chi connectivity index (χ1) is 14.1. The zero-order chi connectivity index (χ0) is 22.7. The van der Waals surface area contributed by atoms with Crippen molar-refractivity contribution in [2.45, 2.75) is 123 Å². The molecule has 30 heavy (non-hydrogen) atoms. The summed E-state index contributed by atoms with van der Waals surface area (Å²) in [4.78, 5) is 24.0. The minimum atomic E-state index is -3.05. The summed E-state index contributed by atoms with van der Waals surface area (Å²) in [6.07, 6.45) is 4.85. The number of hydrogen-bond donors (Lipinski definition) is 1. The summed E-state index contributed by atoms with van der Waals surface area (Å²) in [6.45, 7) is 7.54. The largest absolute Gasteiger partial charge is 0.463 e. The van der Waals surface area contributed by atoms with Gasteiger partial charge >= 0.3 is 5.97 Å². The van der Waals surface area contributed by atoms with Gasteiger partial charge in [0.2, 0.25) is 0 Å². The molecular weight excluding hydrogens is 390 g/mol. The van der Waals surface area contributed by atoms with Gasteiger partial charge in [0.05, 0.1) is 6.10 Å². The molecule has 0 aromatic heterocycles. The fraction of sp³-hybridized carbons (Fsp3) is 0.917. The molecule has 0 aromatic rings. The first kappa shape index (κ1) is 27.0. The van der Waals surface area contributed by atoms with Gasteiger partial charge in [-0.2, -0.15) is 0 Å². The van der Waals surface area contributed by atoms with Crippen LogP contribution < -0.4 is 0 Å². The number of alkyl halides is 2. The van der Waals surface area contributed by atoms with Gasteiger partial charge in [-0.3, -0.25) is 9.59 Å². The highest BCUT2D eigenvalue weighted by Gasteiger charge is 2.42. The molecule has 0 aliphatic heterocycles. The number of carbonyl (C=O) groups excluding carboxylic acids is 2. The van der Waals surface area contributed by atoms with E-state index in [1.807, 2.05) is 27.7 Å². The SMILES string of the molecule is CCCCC(F)(F)C(O)CC[C@H]1[C@H](C)CC(=O)[C@@H]1CCCCCCC(=O)OC(C)C. The van der Waals surface area contributed by atoms with E-state index < -0.39 is 12.0 Å². The second-order valence-electron chi connectivity index (χ2n) is 9.37. The van der Waals surface area contributed by atoms with Crippen LogP contribution in [0.4, 0.5) is 8.78 Å². The third-order valence-corrected chi connectivity index (χ3v) is 6.32. The summed E-state index contributed by atoms with van der Waals surface area (Å²) in [5, 5.41) is 10.0. The number of unbranched alkanes of at least 4 members (excludes halogenated alkanes) is 4. The van der Waals surface area contributed by atoms with Crippen LogP contribution in [0.2, 0.25) is 0 Å². The van der Waals surface area contributed by atoms with Crippen molar-refractivity contribution in [3.8, 4) is 0 Å². The van der Waals surface area contributed by atoms with E-state index in [2.05, 4.69) is 0 Å². The van der Waals surface area contributed by atoms with E-state index in [1.165, 1.54) is 0 Å². The Morgan fingerprint density at radius 3 is 2.47 bits per heavy atom. The van der Waals surface area contributed by atoms with E-state index in [0.717, 1.165) is 32.1 Å². The fourth-order valence-electron chi connectivity index (χ4n) is 4.57. The number of hydrogen-bond acceptors (Lipinski definition) is 4. The first-order valence-electron chi connectivity index (χ1n) is 11.9. The van der Waals surface area contributed by atoms with Crippen molar-refractivity contribution in [1.82, 2.24) is 0 Å². The third-order valence-electron chi connectivity index (χ3n) is 6.32. The number of aliphatic hydroxyl groups excluding tert-OH is 1. The maximum Gasteiger partial charge on any atom is 0.306 e. The van der Waals surface area contributed by atoms with Crippen molar-refractivity contribution in [2.75, 3.05) is 0 Å². The smallest absolute Gasteiger partial charge is 0.306 e. The van der Waals surface area contributed by atoms with Gasteiger partial charge in [-0.15, -0.1) is 0 Å². The predicted molar refractivity (Wildman–Crippen MR) is 114 cm³/mol. The Hall–Kier alpha value is -1.04. The molecule has 176 valence electrons. The van der Waals surface area contributed by atoms with Crippen molar-refractivity contribution >= 4 is 11.8 Å². The zero-order valence-corrected chi connectivity index (χ0v) is 19.3. The summed E-state index contributed by atoms with van der Waals surface area (Å²) in [5.74, 6) is -2.80. The second kappa shape index (κ2) is 13.4. The molecule has 0 bridgehead atoms. The molecule has 1 N–H and O–H groups in total. The zero-order valence-electron chi connectivity index (χ0n) is 19.3. The van der Waals surface area contributed by atoms with Crippen LogP contribution in [0.1, 0.15) is 105 Å². The lowest BCUT2D eigenvalue weighted by Gasteiger charge is -2.26. The summed E-state index contributed by atoms with van der Waals surface area (Å²) < 4.78 is 33.2. The average molecular weight is 433 g/mol. The molecule has 0 radical (unpaired) electrons. The van der Waals surface area contributed by atoms with Crippen LogP contribution in [0.25, 0.3) is 0 Å². The molecule has 0 spiro atoms. The van der Waals surface area contributed by atoms with Gasteiger partial charge in [-0.05, 0) is 57.8 Å². The highest BCUT2D eigenvalue weighted by Crippen LogP contribution is 2.41. The van der Waals surface area contributed by atoms with E-state index in [1.54, 1.807) is 0 Å². The van der Waals surface area contributed by atoms with Gasteiger partial charge in [-0.1, -0.05) is 39.5 Å². The molecule has 1 fully saturated rings. The molecule has 1 rings (SSSR count). The Morgan fingerprint density at radius 2 is 1.83 bits per heavy atom. The molecule has 0 aromatic carbocycles. The van der Waals surface area contributed by atoms with E-state index in [9.17, 15) is 23.5 Å². The molecule has 1 aliphatic carbocycles. The molecule has 0 saturated heterocycles. The van der Waals surface area contributed by atoms with Crippen LogP contribution in [-0.4, -0.2) is 35.0 Å². The highest BCUT2D eigenvalue weighted by molar-refractivity contribution is 5.83. The number of aliphatic hydroxyl groups is 1. The van der Waals surface area contributed by atoms with Crippen molar-refractivity contribution in [3.63, 3.8) is 0 Å². The average Bonchev–Trinajstić information content (AvgIpc) is 2.92. The lowest BCUT2D eigenvalue weighted by atomic mass is 9.82. The van der Waals surface area contributed by atoms with E-state index in [-0.39, 0.29) is 48.5 Å². The topological polar surface area (TPSA) is 63.6 Å². The van der Waals surface area contributed by atoms with Gasteiger partial charge in [-0.25, -0.2) is 8.78 Å². The Bertz CT molecular complexity index is 521. The summed E-state index contributed by atoms with van der Waals surface area (Å²) >= 11 is 0. The summed E-state index contributed by atoms with van der Waals surface area (Å²) in [6, 6.07) is 0. The second-order valence-corrected chi connectivity index (χ2v) is 9.37. The van der Waals surface area contributed by atoms with Crippen LogP contribution in [0, 0.1) is 17.8 Å². The maximum atomic E-state index is 14.0. The quantitative estimate of drug-likeness (QED) is 0.251. The Kier molecular flexibility index (Phi) is 12.0. The van der Waals surface area contributed by atoms with Crippen molar-refractivity contribution < 1.29 is 28.2 Å². The minimum absolute atomic E-state index is 0.0491. The molecule has 4 nitrogen and oxygen atoms in total. The van der Waals surface area contributed by atoms with E-state index in [0.29, 0.717) is 32.1 Å². The number of carbonyl (C=O) groups is 2. The van der Waals surface area contributed by atoms with Gasteiger partial charge in [0.15, 0.2) is 0 Å². The number of Topliss-reactive ketones (excluding diaryl/α,β-unsaturated/α-hetero) is 1. The van der Waals surface area contributed by atoms with Crippen LogP contribution >= 0.6 is 0 Å². The molecule has 1 saturated carbocycles. The van der Waals surface area contributed by atoms with E-state index >= 15 is 0 Å². The Labute approximate surface area is 181 Å². The van der Waals surface area contributed by atoms with Gasteiger partial charge in [0.1, 0.15) is 11.9 Å².